The van der Waals surface area contributed by atoms with Crippen LogP contribution in [-0.2, 0) is 20.9 Å². The zero-order valence-electron chi connectivity index (χ0n) is 18.0. The Morgan fingerprint density at radius 3 is 2.63 bits per heavy atom. The van der Waals surface area contributed by atoms with E-state index >= 15 is 0 Å². The third-order valence-corrected chi connectivity index (χ3v) is 4.49. The molecule has 7 nitrogen and oxygen atoms in total. The van der Waals surface area contributed by atoms with Gasteiger partial charge in [0.1, 0.15) is 17.4 Å². The van der Waals surface area contributed by atoms with Gasteiger partial charge in [0.05, 0.1) is 7.11 Å². The van der Waals surface area contributed by atoms with Gasteiger partial charge in [0, 0.05) is 29.7 Å². The maximum Gasteiger partial charge on any atom is 0.349 e. The summed E-state index contributed by atoms with van der Waals surface area (Å²) in [4.78, 5) is 24.4. The molecule has 0 saturated heterocycles. The van der Waals surface area contributed by atoms with Crippen molar-refractivity contribution in [3.63, 3.8) is 0 Å². The van der Waals surface area contributed by atoms with Crippen molar-refractivity contribution in [1.29, 1.82) is 5.26 Å². The highest BCUT2D eigenvalue weighted by atomic mass is 16.5. The number of carbonyl (C=O) groups excluding carboxylic acids is 2. The smallest absolute Gasteiger partial charge is 0.349 e. The molecule has 30 heavy (non-hydrogen) atoms. The molecule has 1 aromatic heterocycles. The summed E-state index contributed by atoms with van der Waals surface area (Å²) in [5, 5.41) is 12.0. The standard InChI is InChI=1S/C23H27N3O4/c1-15(2)13-26-16(3)9-18(17(26)4)10-19(12-24)23(28)30-14-22(27)25-20-7-6-8-21(11-20)29-5/h6-11,15H,13-14H2,1-5H3,(H,25,27)/b19-10+. The van der Waals surface area contributed by atoms with Gasteiger partial charge in [-0.1, -0.05) is 19.9 Å². The number of aromatic nitrogens is 1. The van der Waals surface area contributed by atoms with Crippen LogP contribution in [0.4, 0.5) is 5.69 Å². The number of aryl methyl sites for hydroxylation is 1. The molecule has 0 radical (unpaired) electrons. The molecule has 0 unspecified atom stereocenters. The fourth-order valence-corrected chi connectivity index (χ4v) is 3.02. The van der Waals surface area contributed by atoms with E-state index in [-0.39, 0.29) is 5.57 Å². The second-order valence-electron chi connectivity index (χ2n) is 7.36. The van der Waals surface area contributed by atoms with E-state index in [4.69, 9.17) is 9.47 Å². The van der Waals surface area contributed by atoms with Gasteiger partial charge in [-0.2, -0.15) is 5.26 Å². The van der Waals surface area contributed by atoms with Crippen molar-refractivity contribution in [2.75, 3.05) is 19.0 Å². The molecule has 0 bridgehead atoms. The number of hydrogen-bond acceptors (Lipinski definition) is 5. The SMILES string of the molecule is COc1cccc(NC(=O)COC(=O)/C(C#N)=C/c2cc(C)n(CC(C)C)c2C)c1. The van der Waals surface area contributed by atoms with Crippen molar-refractivity contribution in [1.82, 2.24) is 4.57 Å². The highest BCUT2D eigenvalue weighted by Gasteiger charge is 2.16. The molecular formula is C23H27N3O4. The van der Waals surface area contributed by atoms with Crippen LogP contribution in [0, 0.1) is 31.1 Å². The summed E-state index contributed by atoms with van der Waals surface area (Å²) in [6.45, 7) is 8.54. The first kappa shape index (κ1) is 22.8. The number of esters is 1. The van der Waals surface area contributed by atoms with Crippen molar-refractivity contribution < 1.29 is 19.1 Å². The van der Waals surface area contributed by atoms with Crippen LogP contribution < -0.4 is 10.1 Å². The van der Waals surface area contributed by atoms with E-state index in [2.05, 4.69) is 23.7 Å². The molecule has 158 valence electrons. The molecule has 7 heteroatoms. The van der Waals surface area contributed by atoms with E-state index in [1.807, 2.05) is 26.0 Å². The summed E-state index contributed by atoms with van der Waals surface area (Å²) in [7, 11) is 1.53. The van der Waals surface area contributed by atoms with Gasteiger partial charge in [-0.15, -0.1) is 0 Å². The van der Waals surface area contributed by atoms with Gasteiger partial charge in [-0.05, 0) is 49.6 Å². The number of benzene rings is 1. The second kappa shape index (κ2) is 10.3. The molecule has 0 spiro atoms. The molecule has 0 aliphatic carbocycles. The largest absolute Gasteiger partial charge is 0.497 e. The first-order valence-corrected chi connectivity index (χ1v) is 9.64. The van der Waals surface area contributed by atoms with Crippen LogP contribution in [0.2, 0.25) is 0 Å². The Bertz CT molecular complexity index is 996. The number of methoxy groups -OCH3 is 1. The number of nitrogens with one attached hydrogen (secondary N) is 1. The summed E-state index contributed by atoms with van der Waals surface area (Å²) in [6, 6.07) is 10.6. The lowest BCUT2D eigenvalue weighted by Gasteiger charge is -2.12. The van der Waals surface area contributed by atoms with E-state index in [1.165, 1.54) is 13.2 Å². The lowest BCUT2D eigenvalue weighted by Crippen LogP contribution is -2.21. The third-order valence-electron chi connectivity index (χ3n) is 4.49. The van der Waals surface area contributed by atoms with E-state index < -0.39 is 18.5 Å². The van der Waals surface area contributed by atoms with Gasteiger partial charge in [-0.3, -0.25) is 4.79 Å². The highest BCUT2D eigenvalue weighted by Crippen LogP contribution is 2.20. The number of nitrogens with zero attached hydrogens (tertiary/aromatic N) is 2. The maximum atomic E-state index is 12.3. The van der Waals surface area contributed by atoms with Crippen molar-refractivity contribution in [3.8, 4) is 11.8 Å². The first-order chi connectivity index (χ1) is 14.2. The summed E-state index contributed by atoms with van der Waals surface area (Å²) in [5.74, 6) is -0.291. The number of rotatable bonds is 8. The van der Waals surface area contributed by atoms with Gasteiger partial charge >= 0.3 is 5.97 Å². The maximum absolute atomic E-state index is 12.3. The monoisotopic (exact) mass is 409 g/mol. The minimum Gasteiger partial charge on any atom is -0.497 e. The summed E-state index contributed by atoms with van der Waals surface area (Å²) in [5.41, 5.74) is 3.16. The normalized spacial score (nSPS) is 11.2. The summed E-state index contributed by atoms with van der Waals surface area (Å²) in [6.07, 6.45) is 1.50. The predicted octanol–water partition coefficient (Wildman–Crippen LogP) is 3.86. The van der Waals surface area contributed by atoms with Crippen LogP contribution in [0.25, 0.3) is 6.08 Å². The van der Waals surface area contributed by atoms with E-state index in [0.29, 0.717) is 17.4 Å². The Balaban J connectivity index is 2.04. The van der Waals surface area contributed by atoms with Gasteiger partial charge in [0.2, 0.25) is 0 Å². The molecule has 1 amide bonds. The number of anilines is 1. The van der Waals surface area contributed by atoms with E-state index in [9.17, 15) is 14.9 Å². The summed E-state index contributed by atoms with van der Waals surface area (Å²) >= 11 is 0. The number of hydrogen-bond donors (Lipinski definition) is 1. The zero-order valence-corrected chi connectivity index (χ0v) is 18.0. The van der Waals surface area contributed by atoms with Crippen LogP contribution in [0.5, 0.6) is 5.75 Å². The Hall–Kier alpha value is -3.53. The number of carbonyl (C=O) groups is 2. The fourth-order valence-electron chi connectivity index (χ4n) is 3.02. The molecule has 2 aromatic rings. The predicted molar refractivity (Wildman–Crippen MR) is 115 cm³/mol. The molecule has 0 aliphatic rings. The van der Waals surface area contributed by atoms with Crippen molar-refractivity contribution in [2.45, 2.75) is 34.2 Å². The lowest BCUT2D eigenvalue weighted by molar-refractivity contribution is -0.142. The van der Waals surface area contributed by atoms with Crippen LogP contribution >= 0.6 is 0 Å². The first-order valence-electron chi connectivity index (χ1n) is 9.64. The van der Waals surface area contributed by atoms with E-state index in [1.54, 1.807) is 24.3 Å². The average Bonchev–Trinajstić information content (AvgIpc) is 2.97. The van der Waals surface area contributed by atoms with Crippen LogP contribution in [-0.4, -0.2) is 30.2 Å². The van der Waals surface area contributed by atoms with E-state index in [0.717, 1.165) is 23.5 Å². The third kappa shape index (κ3) is 5.98. The van der Waals surface area contributed by atoms with Gasteiger partial charge in [-0.25, -0.2) is 4.79 Å². The Labute approximate surface area is 176 Å². The Morgan fingerprint density at radius 2 is 2.00 bits per heavy atom. The van der Waals surface area contributed by atoms with Gasteiger partial charge in [0.15, 0.2) is 6.61 Å². The molecular weight excluding hydrogens is 382 g/mol. The average molecular weight is 409 g/mol. The lowest BCUT2D eigenvalue weighted by atomic mass is 10.1. The van der Waals surface area contributed by atoms with Crippen LogP contribution in [0.15, 0.2) is 35.9 Å². The molecule has 0 aliphatic heterocycles. The zero-order chi connectivity index (χ0) is 22.3. The van der Waals surface area contributed by atoms with Crippen molar-refractivity contribution in [2.24, 2.45) is 5.92 Å². The minimum atomic E-state index is -0.841. The molecule has 0 atom stereocenters. The number of amides is 1. The van der Waals surface area contributed by atoms with Gasteiger partial charge < -0.3 is 19.4 Å². The Kier molecular flexibility index (Phi) is 7.82. The molecule has 1 heterocycles. The quantitative estimate of drug-likeness (QED) is 0.406. The molecule has 1 aromatic carbocycles. The summed E-state index contributed by atoms with van der Waals surface area (Å²) < 4.78 is 12.3. The van der Waals surface area contributed by atoms with Crippen molar-refractivity contribution in [3.05, 3.63) is 52.9 Å². The number of nitriles is 1. The van der Waals surface area contributed by atoms with Crippen molar-refractivity contribution >= 4 is 23.6 Å². The highest BCUT2D eigenvalue weighted by molar-refractivity contribution is 6.00. The fraction of sp³-hybridized carbons (Fsp3) is 0.348. The number of ether oxygens (including phenoxy) is 2. The van der Waals surface area contributed by atoms with Crippen LogP contribution in [0.3, 0.4) is 0 Å². The molecule has 0 saturated carbocycles. The minimum absolute atomic E-state index is 0.158. The second-order valence-corrected chi connectivity index (χ2v) is 7.36. The Morgan fingerprint density at radius 1 is 1.27 bits per heavy atom. The topological polar surface area (TPSA) is 93.3 Å². The van der Waals surface area contributed by atoms with Gasteiger partial charge in [0.25, 0.3) is 5.91 Å². The molecule has 0 fully saturated rings. The molecule has 2 rings (SSSR count). The molecule has 1 N–H and O–H groups in total. The van der Waals surface area contributed by atoms with Crippen LogP contribution in [0.1, 0.15) is 30.8 Å².